The van der Waals surface area contributed by atoms with Gasteiger partial charge in [0, 0.05) is 27.7 Å². The first-order chi connectivity index (χ1) is 15.6. The second-order valence-electron chi connectivity index (χ2n) is 7.77. The highest BCUT2D eigenvalue weighted by Gasteiger charge is 2.34. The number of benzene rings is 2. The summed E-state index contributed by atoms with van der Waals surface area (Å²) >= 11 is 6.05. The summed E-state index contributed by atoms with van der Waals surface area (Å²) in [5.41, 5.74) is -0.0348. The summed E-state index contributed by atoms with van der Waals surface area (Å²) < 4.78 is 76.7. The van der Waals surface area contributed by atoms with Crippen LogP contribution in [0.4, 0.5) is 26.3 Å². The van der Waals surface area contributed by atoms with E-state index in [2.05, 4.69) is 9.97 Å². The van der Waals surface area contributed by atoms with Crippen LogP contribution in [0.1, 0.15) is 33.6 Å². The van der Waals surface area contributed by atoms with E-state index >= 15 is 0 Å². The van der Waals surface area contributed by atoms with Gasteiger partial charge < -0.3 is 4.98 Å². The summed E-state index contributed by atoms with van der Waals surface area (Å²) in [5, 5.41) is 0.742. The van der Waals surface area contributed by atoms with Gasteiger partial charge in [0.1, 0.15) is 0 Å². The van der Waals surface area contributed by atoms with Crippen LogP contribution in [0.25, 0.3) is 21.8 Å². The number of hydrogen-bond acceptors (Lipinski definition) is 2. The van der Waals surface area contributed by atoms with Crippen molar-refractivity contribution in [2.75, 3.05) is 0 Å². The van der Waals surface area contributed by atoms with Crippen molar-refractivity contribution in [3.8, 4) is 0 Å². The summed E-state index contributed by atoms with van der Waals surface area (Å²) in [6.45, 7) is 6.56. The quantitative estimate of drug-likeness (QED) is 0.252. The Morgan fingerprint density at radius 1 is 0.794 bits per heavy atom. The molecule has 0 amide bonds. The predicted molar refractivity (Wildman–Crippen MR) is 120 cm³/mol. The van der Waals surface area contributed by atoms with Gasteiger partial charge in [-0.3, -0.25) is 9.78 Å². The lowest BCUT2D eigenvalue weighted by atomic mass is 10.1. The number of H-pyrrole nitrogens is 1. The number of nitrogens with one attached hydrogen (secondary N) is 1. The summed E-state index contributed by atoms with van der Waals surface area (Å²) in [6, 6.07) is 7.51. The van der Waals surface area contributed by atoms with E-state index in [9.17, 15) is 31.1 Å². The molecule has 180 valence electrons. The van der Waals surface area contributed by atoms with Crippen LogP contribution in [0, 0.1) is 27.7 Å². The van der Waals surface area contributed by atoms with E-state index in [1.807, 2.05) is 0 Å². The molecule has 0 saturated heterocycles. The maximum absolute atomic E-state index is 12.8. The molecule has 0 fully saturated rings. The molecule has 2 aromatic carbocycles. The third-order valence-corrected chi connectivity index (χ3v) is 6.05. The zero-order valence-electron chi connectivity index (χ0n) is 18.5. The van der Waals surface area contributed by atoms with Gasteiger partial charge in [-0.2, -0.15) is 26.3 Å². The summed E-state index contributed by atoms with van der Waals surface area (Å²) in [6.07, 6.45) is -8.89. The average Bonchev–Trinajstić information content (AvgIpc) is 2.74. The highest BCUT2D eigenvalue weighted by molar-refractivity contribution is 6.36. The van der Waals surface area contributed by atoms with Crippen LogP contribution in [-0.4, -0.2) is 9.97 Å². The lowest BCUT2D eigenvalue weighted by molar-refractivity contribution is -0.137. The van der Waals surface area contributed by atoms with E-state index < -0.39 is 23.5 Å². The third-order valence-electron chi connectivity index (χ3n) is 5.56. The van der Waals surface area contributed by atoms with Crippen molar-refractivity contribution in [1.82, 2.24) is 9.97 Å². The number of para-hydroxylation sites is 2. The molecule has 0 spiro atoms. The number of aryl methyl sites for hydroxylation is 2. The molecule has 4 rings (SSSR count). The van der Waals surface area contributed by atoms with E-state index in [4.69, 9.17) is 11.6 Å². The molecule has 0 atom stereocenters. The second kappa shape index (κ2) is 8.94. The molecule has 0 aliphatic heterocycles. The van der Waals surface area contributed by atoms with Gasteiger partial charge >= 0.3 is 12.4 Å². The van der Waals surface area contributed by atoms with Crippen molar-refractivity contribution in [3.05, 3.63) is 85.3 Å². The Balaban J connectivity index is 0.000000191. The number of rotatable bonds is 0. The number of nitrogens with zero attached hydrogens (tertiary/aromatic N) is 1. The minimum Gasteiger partial charge on any atom is -0.358 e. The third kappa shape index (κ3) is 4.75. The highest BCUT2D eigenvalue weighted by atomic mass is 35.5. The smallest absolute Gasteiger partial charge is 0.358 e. The van der Waals surface area contributed by atoms with E-state index in [0.717, 1.165) is 12.1 Å². The van der Waals surface area contributed by atoms with Crippen LogP contribution in [-0.2, 0) is 12.4 Å². The molecular weight excluding hydrogens is 482 g/mol. The van der Waals surface area contributed by atoms with Crippen molar-refractivity contribution < 1.29 is 26.3 Å². The zero-order valence-corrected chi connectivity index (χ0v) is 19.2. The molecule has 0 radical (unpaired) electrons. The van der Waals surface area contributed by atoms with E-state index in [0.29, 0.717) is 32.9 Å². The topological polar surface area (TPSA) is 45.8 Å². The summed E-state index contributed by atoms with van der Waals surface area (Å²) in [4.78, 5) is 18.5. The van der Waals surface area contributed by atoms with Crippen molar-refractivity contribution in [2.24, 2.45) is 0 Å². The normalized spacial score (nSPS) is 12.1. The Labute approximate surface area is 195 Å². The van der Waals surface area contributed by atoms with Crippen molar-refractivity contribution in [3.63, 3.8) is 0 Å². The average molecular weight is 501 g/mol. The van der Waals surface area contributed by atoms with Crippen LogP contribution >= 0.6 is 11.6 Å². The molecule has 3 nitrogen and oxygen atoms in total. The minimum atomic E-state index is -4.47. The Morgan fingerprint density at radius 3 is 1.88 bits per heavy atom. The van der Waals surface area contributed by atoms with E-state index in [1.165, 1.54) is 18.2 Å². The molecule has 2 aromatic heterocycles. The monoisotopic (exact) mass is 500 g/mol. The maximum atomic E-state index is 12.8. The number of fused-ring (bicyclic) bond motifs is 2. The molecule has 0 bridgehead atoms. The second-order valence-corrected chi connectivity index (χ2v) is 8.14. The van der Waals surface area contributed by atoms with E-state index in [-0.39, 0.29) is 21.8 Å². The van der Waals surface area contributed by atoms with Crippen molar-refractivity contribution in [1.29, 1.82) is 0 Å². The van der Waals surface area contributed by atoms with Crippen molar-refractivity contribution >= 4 is 33.4 Å². The largest absolute Gasteiger partial charge is 0.418 e. The maximum Gasteiger partial charge on any atom is 0.418 e. The SMILES string of the molecule is Cc1[nH]c2c(C(F)(F)F)cccc2c(=O)c1C.Cc1nc2c(C(F)(F)F)cccc2c(Cl)c1C. The molecule has 4 aromatic rings. The lowest BCUT2D eigenvalue weighted by Gasteiger charge is -2.12. The van der Waals surface area contributed by atoms with Gasteiger partial charge in [0.15, 0.2) is 5.43 Å². The highest BCUT2D eigenvalue weighted by Crippen LogP contribution is 2.37. The number of pyridine rings is 2. The molecule has 2 heterocycles. The molecule has 0 aliphatic carbocycles. The lowest BCUT2D eigenvalue weighted by Crippen LogP contribution is -2.14. The van der Waals surface area contributed by atoms with Gasteiger partial charge in [0.05, 0.1) is 27.2 Å². The van der Waals surface area contributed by atoms with Gasteiger partial charge in [-0.05, 0) is 51.5 Å². The Morgan fingerprint density at radius 2 is 1.32 bits per heavy atom. The number of alkyl halides is 6. The molecule has 0 aliphatic rings. The Bertz CT molecular complexity index is 1460. The fourth-order valence-electron chi connectivity index (χ4n) is 3.45. The number of aromatic amines is 1. The standard InChI is InChI=1S/C12H9ClF3N.C12H10F3NO/c1-6-7(2)17-11-8(10(6)13)4-3-5-9(11)12(14,15)16;1-6-7(2)16-10-8(11(6)17)4-3-5-9(10)12(13,14)15/h3-5H,1-2H3;3-5H,1-2H3,(H,16,17). The Hall–Kier alpha value is -3.07. The van der Waals surface area contributed by atoms with Crippen LogP contribution in [0.3, 0.4) is 0 Å². The Kier molecular flexibility index (Phi) is 6.72. The number of hydrogen-bond donors (Lipinski definition) is 1. The number of aromatic nitrogens is 2. The minimum absolute atomic E-state index is 0.0722. The van der Waals surface area contributed by atoms with Gasteiger partial charge in [-0.1, -0.05) is 29.8 Å². The fourth-order valence-corrected chi connectivity index (χ4v) is 3.74. The van der Waals surface area contributed by atoms with Gasteiger partial charge in [0.25, 0.3) is 0 Å². The van der Waals surface area contributed by atoms with E-state index in [1.54, 1.807) is 33.8 Å². The predicted octanol–water partition coefficient (Wildman–Crippen LogP) is 7.69. The van der Waals surface area contributed by atoms with Gasteiger partial charge in [-0.15, -0.1) is 0 Å². The van der Waals surface area contributed by atoms with Crippen LogP contribution < -0.4 is 5.43 Å². The number of halogens is 7. The zero-order chi connectivity index (χ0) is 25.6. The molecular formula is C24H19ClF6N2O. The van der Waals surface area contributed by atoms with Gasteiger partial charge in [-0.25, -0.2) is 0 Å². The molecule has 34 heavy (non-hydrogen) atoms. The van der Waals surface area contributed by atoms with Crippen molar-refractivity contribution in [2.45, 2.75) is 40.0 Å². The fraction of sp³-hybridized carbons (Fsp3) is 0.250. The first-order valence-corrected chi connectivity index (χ1v) is 10.3. The molecule has 1 N–H and O–H groups in total. The summed E-state index contributed by atoms with van der Waals surface area (Å²) in [7, 11) is 0. The first-order valence-electron chi connectivity index (χ1n) is 9.96. The first kappa shape index (κ1) is 25.6. The molecule has 0 unspecified atom stereocenters. The van der Waals surface area contributed by atoms with Gasteiger partial charge in [0.2, 0.25) is 0 Å². The summed E-state index contributed by atoms with van der Waals surface area (Å²) in [5.74, 6) is 0. The molecule has 10 heteroatoms. The van der Waals surface area contributed by atoms with Crippen LogP contribution in [0.2, 0.25) is 5.02 Å². The molecule has 0 saturated carbocycles. The van der Waals surface area contributed by atoms with Crippen LogP contribution in [0.5, 0.6) is 0 Å². The van der Waals surface area contributed by atoms with Crippen LogP contribution in [0.15, 0.2) is 41.2 Å².